The molecule has 3 aromatic carbocycles. The molecule has 0 spiro atoms. The van der Waals surface area contributed by atoms with Crippen LogP contribution in [0.5, 0.6) is 0 Å². The summed E-state index contributed by atoms with van der Waals surface area (Å²) in [5.74, 6) is -0.470. The quantitative estimate of drug-likeness (QED) is 0.583. The fourth-order valence-corrected chi connectivity index (χ4v) is 2.89. The van der Waals surface area contributed by atoms with Crippen molar-refractivity contribution in [2.45, 2.75) is 0 Å². The van der Waals surface area contributed by atoms with E-state index in [9.17, 15) is 9.59 Å². The molecule has 0 aliphatic rings. The predicted molar refractivity (Wildman–Crippen MR) is 96.2 cm³/mol. The van der Waals surface area contributed by atoms with Crippen molar-refractivity contribution in [3.63, 3.8) is 0 Å². The number of hydrogen-bond donors (Lipinski definition) is 0. The Morgan fingerprint density at radius 2 is 0.875 bits per heavy atom. The van der Waals surface area contributed by atoms with E-state index in [1.54, 1.807) is 60.7 Å². The maximum absolute atomic E-state index is 12.5. The van der Waals surface area contributed by atoms with Crippen molar-refractivity contribution in [1.29, 1.82) is 0 Å². The van der Waals surface area contributed by atoms with Crippen molar-refractivity contribution in [3.05, 3.63) is 105 Å². The second-order valence-electron chi connectivity index (χ2n) is 5.18. The minimum atomic E-state index is -0.235. The first-order chi connectivity index (χ1) is 11.6. The molecule has 0 amide bonds. The highest BCUT2D eigenvalue weighted by atomic mass is 35.5. The van der Waals surface area contributed by atoms with E-state index < -0.39 is 0 Å². The van der Waals surface area contributed by atoms with Gasteiger partial charge in [0.1, 0.15) is 0 Å². The van der Waals surface area contributed by atoms with Crippen LogP contribution in [0.4, 0.5) is 0 Å². The summed E-state index contributed by atoms with van der Waals surface area (Å²) in [6.07, 6.45) is 0. The second kappa shape index (κ2) is 7.00. The first-order valence-electron chi connectivity index (χ1n) is 7.27. The van der Waals surface area contributed by atoms with Crippen LogP contribution in [0.25, 0.3) is 0 Å². The maximum atomic E-state index is 12.5. The second-order valence-corrected chi connectivity index (χ2v) is 5.93. The third-order valence-electron chi connectivity index (χ3n) is 3.64. The SMILES string of the molecule is O=C(c1ccccc1)c1ccc(C(=O)c2ccccc2)c(Cl)c1Cl. The average molecular weight is 355 g/mol. The van der Waals surface area contributed by atoms with E-state index in [-0.39, 0.29) is 32.7 Å². The van der Waals surface area contributed by atoms with Gasteiger partial charge in [0.15, 0.2) is 11.6 Å². The molecule has 0 saturated carbocycles. The van der Waals surface area contributed by atoms with E-state index in [2.05, 4.69) is 0 Å². The molecule has 0 atom stereocenters. The van der Waals surface area contributed by atoms with Crippen LogP contribution in [0.3, 0.4) is 0 Å². The monoisotopic (exact) mass is 354 g/mol. The summed E-state index contributed by atoms with van der Waals surface area (Å²) >= 11 is 12.5. The molecule has 0 fully saturated rings. The van der Waals surface area contributed by atoms with E-state index >= 15 is 0 Å². The van der Waals surface area contributed by atoms with Crippen molar-refractivity contribution >= 4 is 34.8 Å². The van der Waals surface area contributed by atoms with Crippen LogP contribution in [-0.2, 0) is 0 Å². The Morgan fingerprint density at radius 3 is 1.21 bits per heavy atom. The lowest BCUT2D eigenvalue weighted by atomic mass is 9.98. The van der Waals surface area contributed by atoms with Crippen LogP contribution in [0, 0.1) is 0 Å². The molecule has 0 aliphatic heterocycles. The third-order valence-corrected chi connectivity index (χ3v) is 4.53. The Kier molecular flexibility index (Phi) is 4.79. The largest absolute Gasteiger partial charge is 0.289 e. The third kappa shape index (κ3) is 3.12. The molecule has 118 valence electrons. The van der Waals surface area contributed by atoms with Gasteiger partial charge in [-0.1, -0.05) is 83.9 Å². The van der Waals surface area contributed by atoms with Crippen LogP contribution >= 0.6 is 23.2 Å². The zero-order valence-corrected chi connectivity index (χ0v) is 14.0. The van der Waals surface area contributed by atoms with Crippen LogP contribution < -0.4 is 0 Å². The number of halogens is 2. The highest BCUT2D eigenvalue weighted by molar-refractivity contribution is 6.46. The van der Waals surface area contributed by atoms with Crippen LogP contribution in [0.2, 0.25) is 10.0 Å². The van der Waals surface area contributed by atoms with Gasteiger partial charge < -0.3 is 0 Å². The molecule has 0 heterocycles. The number of carbonyl (C=O) groups is 2. The first-order valence-corrected chi connectivity index (χ1v) is 8.02. The van der Waals surface area contributed by atoms with Crippen molar-refractivity contribution in [3.8, 4) is 0 Å². The van der Waals surface area contributed by atoms with Crippen molar-refractivity contribution in [2.24, 2.45) is 0 Å². The van der Waals surface area contributed by atoms with Gasteiger partial charge >= 0.3 is 0 Å². The summed E-state index contributed by atoms with van der Waals surface area (Å²) in [7, 11) is 0. The Morgan fingerprint density at radius 1 is 0.542 bits per heavy atom. The molecule has 0 aliphatic carbocycles. The number of rotatable bonds is 4. The van der Waals surface area contributed by atoms with Crippen LogP contribution in [0.1, 0.15) is 31.8 Å². The van der Waals surface area contributed by atoms with Gasteiger partial charge in [-0.3, -0.25) is 9.59 Å². The number of carbonyl (C=O) groups excluding carboxylic acids is 2. The van der Waals surface area contributed by atoms with Gasteiger partial charge in [-0.2, -0.15) is 0 Å². The van der Waals surface area contributed by atoms with Crippen molar-refractivity contribution in [2.75, 3.05) is 0 Å². The molecule has 4 heteroatoms. The first kappa shape index (κ1) is 16.4. The summed E-state index contributed by atoms with van der Waals surface area (Å²) in [4.78, 5) is 25.1. The molecule has 3 rings (SSSR count). The van der Waals surface area contributed by atoms with Gasteiger partial charge in [-0.15, -0.1) is 0 Å². The molecule has 2 nitrogen and oxygen atoms in total. The Labute approximate surface area is 149 Å². The fourth-order valence-electron chi connectivity index (χ4n) is 2.39. The zero-order valence-electron chi connectivity index (χ0n) is 12.5. The van der Waals surface area contributed by atoms with E-state index in [1.807, 2.05) is 12.1 Å². The van der Waals surface area contributed by atoms with E-state index in [0.717, 1.165) is 0 Å². The lowest BCUT2D eigenvalue weighted by Crippen LogP contribution is -2.07. The summed E-state index contributed by atoms with van der Waals surface area (Å²) in [6.45, 7) is 0. The highest BCUT2D eigenvalue weighted by Gasteiger charge is 2.20. The van der Waals surface area contributed by atoms with Gasteiger partial charge in [0.2, 0.25) is 0 Å². The van der Waals surface area contributed by atoms with Crippen molar-refractivity contribution < 1.29 is 9.59 Å². The highest BCUT2D eigenvalue weighted by Crippen LogP contribution is 2.32. The molecule has 0 saturated heterocycles. The maximum Gasteiger partial charge on any atom is 0.194 e. The minimum Gasteiger partial charge on any atom is -0.289 e. The lowest BCUT2D eigenvalue weighted by molar-refractivity contribution is 0.102. The molecule has 0 unspecified atom stereocenters. The molecule has 3 aromatic rings. The topological polar surface area (TPSA) is 34.1 Å². The zero-order chi connectivity index (χ0) is 17.1. The molecule has 0 radical (unpaired) electrons. The molecular weight excluding hydrogens is 343 g/mol. The Hall–Kier alpha value is -2.42. The molecule has 0 N–H and O–H groups in total. The van der Waals surface area contributed by atoms with Crippen LogP contribution in [-0.4, -0.2) is 11.6 Å². The number of benzene rings is 3. The molecule has 0 bridgehead atoms. The van der Waals surface area contributed by atoms with Gasteiger partial charge in [0.25, 0.3) is 0 Å². The summed E-state index contributed by atoms with van der Waals surface area (Å²) in [5, 5.41) is 0.180. The minimum absolute atomic E-state index is 0.0901. The van der Waals surface area contributed by atoms with E-state index in [1.165, 1.54) is 0 Å². The lowest BCUT2D eigenvalue weighted by Gasteiger charge is -2.09. The fraction of sp³-hybridized carbons (Fsp3) is 0. The number of hydrogen-bond acceptors (Lipinski definition) is 2. The predicted octanol–water partition coefficient (Wildman–Crippen LogP) is 5.46. The van der Waals surface area contributed by atoms with Crippen LogP contribution in [0.15, 0.2) is 72.8 Å². The normalized spacial score (nSPS) is 10.4. The van der Waals surface area contributed by atoms with E-state index in [4.69, 9.17) is 23.2 Å². The Balaban J connectivity index is 2.01. The van der Waals surface area contributed by atoms with Gasteiger partial charge in [0, 0.05) is 22.3 Å². The molecule has 24 heavy (non-hydrogen) atoms. The smallest absolute Gasteiger partial charge is 0.194 e. The van der Waals surface area contributed by atoms with Gasteiger partial charge in [-0.25, -0.2) is 0 Å². The van der Waals surface area contributed by atoms with Gasteiger partial charge in [0.05, 0.1) is 10.0 Å². The summed E-state index contributed by atoms with van der Waals surface area (Å²) < 4.78 is 0. The standard InChI is InChI=1S/C20H12Cl2O2/c21-17-15(19(23)13-7-3-1-4-8-13)11-12-16(18(17)22)20(24)14-9-5-2-6-10-14/h1-12H. The molecular formula is C20H12Cl2O2. The summed E-state index contributed by atoms with van der Waals surface area (Å²) in [5.41, 5.74) is 1.57. The summed E-state index contributed by atoms with van der Waals surface area (Å²) in [6, 6.07) is 20.6. The molecule has 0 aromatic heterocycles. The van der Waals surface area contributed by atoms with Gasteiger partial charge in [-0.05, 0) is 12.1 Å². The Bertz CT molecular complexity index is 827. The average Bonchev–Trinajstić information content (AvgIpc) is 2.64. The number of ketones is 2. The van der Waals surface area contributed by atoms with Crippen molar-refractivity contribution in [1.82, 2.24) is 0 Å². The van der Waals surface area contributed by atoms with E-state index in [0.29, 0.717) is 11.1 Å².